The molecule has 0 aliphatic rings. The maximum atomic E-state index is 12.3. The maximum absolute atomic E-state index is 12.3. The van der Waals surface area contributed by atoms with Crippen molar-refractivity contribution in [2.24, 2.45) is 5.92 Å². The van der Waals surface area contributed by atoms with E-state index in [4.69, 9.17) is 10.4 Å². The van der Waals surface area contributed by atoms with E-state index in [1.165, 1.54) is 18.2 Å². The number of carboxylic acid groups (broad SMARTS) is 1. The van der Waals surface area contributed by atoms with Gasteiger partial charge in [-0.3, -0.25) is 4.79 Å². The predicted octanol–water partition coefficient (Wildman–Crippen LogP) is 1.64. The minimum absolute atomic E-state index is 0.0476. The molecule has 0 saturated heterocycles. The van der Waals surface area contributed by atoms with E-state index in [1.807, 2.05) is 6.07 Å². The van der Waals surface area contributed by atoms with E-state index < -0.39 is 22.0 Å². The van der Waals surface area contributed by atoms with E-state index in [0.29, 0.717) is 17.5 Å². The Kier molecular flexibility index (Phi) is 5.47. The zero-order valence-corrected chi connectivity index (χ0v) is 12.9. The van der Waals surface area contributed by atoms with Gasteiger partial charge in [-0.05, 0) is 36.6 Å². The van der Waals surface area contributed by atoms with E-state index in [1.54, 1.807) is 20.8 Å². The van der Waals surface area contributed by atoms with Gasteiger partial charge in [0, 0.05) is 0 Å². The molecule has 0 aliphatic carbocycles. The lowest BCUT2D eigenvalue weighted by Gasteiger charge is -2.20. The number of hydrogen-bond acceptors (Lipinski definition) is 4. The molecule has 0 radical (unpaired) electrons. The summed E-state index contributed by atoms with van der Waals surface area (Å²) in [6, 6.07) is 4.82. The van der Waals surface area contributed by atoms with Crippen LogP contribution in [0.3, 0.4) is 0 Å². The van der Waals surface area contributed by atoms with Crippen molar-refractivity contribution in [3.8, 4) is 6.07 Å². The summed E-state index contributed by atoms with van der Waals surface area (Å²) < 4.78 is 26.7. The Morgan fingerprint density at radius 2 is 2.10 bits per heavy atom. The summed E-state index contributed by atoms with van der Waals surface area (Å²) in [4.78, 5) is 11.2. The largest absolute Gasteiger partial charge is 0.480 e. The summed E-state index contributed by atoms with van der Waals surface area (Å²) in [5.74, 6) is -1.55. The highest BCUT2D eigenvalue weighted by Gasteiger charge is 2.29. The van der Waals surface area contributed by atoms with Gasteiger partial charge in [-0.1, -0.05) is 20.3 Å². The molecule has 0 spiro atoms. The molecule has 2 atom stereocenters. The third-order valence-electron chi connectivity index (χ3n) is 3.39. The second-order valence-corrected chi connectivity index (χ2v) is 6.63. The number of benzene rings is 1. The molecule has 6 nitrogen and oxygen atoms in total. The maximum Gasteiger partial charge on any atom is 0.322 e. The highest BCUT2D eigenvalue weighted by molar-refractivity contribution is 7.89. The molecule has 1 aromatic rings. The fourth-order valence-corrected chi connectivity index (χ4v) is 3.19. The summed E-state index contributed by atoms with van der Waals surface area (Å²) in [7, 11) is -3.95. The first-order chi connectivity index (χ1) is 9.72. The lowest BCUT2D eigenvalue weighted by atomic mass is 10.0. The van der Waals surface area contributed by atoms with Gasteiger partial charge in [0.05, 0.1) is 16.5 Å². The molecule has 2 N–H and O–H groups in total. The number of sulfonamides is 1. The highest BCUT2D eigenvalue weighted by atomic mass is 32.2. The van der Waals surface area contributed by atoms with E-state index in [-0.39, 0.29) is 10.8 Å². The van der Waals surface area contributed by atoms with Crippen LogP contribution in [-0.4, -0.2) is 25.5 Å². The van der Waals surface area contributed by atoms with Crippen molar-refractivity contribution in [2.75, 3.05) is 0 Å². The van der Waals surface area contributed by atoms with Crippen molar-refractivity contribution >= 4 is 16.0 Å². The van der Waals surface area contributed by atoms with Crippen LogP contribution >= 0.6 is 0 Å². The number of aliphatic carboxylic acids is 1. The average Bonchev–Trinajstić information content (AvgIpc) is 2.43. The molecule has 1 aromatic carbocycles. The molecule has 0 aliphatic heterocycles. The van der Waals surface area contributed by atoms with Gasteiger partial charge in [0.2, 0.25) is 10.0 Å². The minimum atomic E-state index is -3.95. The summed E-state index contributed by atoms with van der Waals surface area (Å²) in [6.45, 7) is 5.09. The van der Waals surface area contributed by atoms with Crippen LogP contribution < -0.4 is 4.72 Å². The smallest absolute Gasteiger partial charge is 0.322 e. The molecule has 0 heterocycles. The number of hydrogen-bond donors (Lipinski definition) is 2. The molecule has 0 saturated carbocycles. The third kappa shape index (κ3) is 4.03. The second kappa shape index (κ2) is 6.70. The number of carbonyl (C=O) groups is 1. The SMILES string of the molecule is CCC(C)[C@H](NS(=O)(=O)c1ccc(C#N)c(C)c1)C(=O)O. The Hall–Kier alpha value is -1.91. The normalized spacial score (nSPS) is 14.2. The third-order valence-corrected chi connectivity index (χ3v) is 4.83. The van der Waals surface area contributed by atoms with Crippen LogP contribution in [-0.2, 0) is 14.8 Å². The van der Waals surface area contributed by atoms with Crippen LogP contribution in [0.25, 0.3) is 0 Å². The molecule has 0 amide bonds. The van der Waals surface area contributed by atoms with Gasteiger partial charge in [-0.15, -0.1) is 0 Å². The van der Waals surface area contributed by atoms with Crippen molar-refractivity contribution in [2.45, 2.75) is 38.1 Å². The molecule has 21 heavy (non-hydrogen) atoms. The zero-order valence-electron chi connectivity index (χ0n) is 12.1. The van der Waals surface area contributed by atoms with Gasteiger partial charge < -0.3 is 5.11 Å². The summed E-state index contributed by atoms with van der Waals surface area (Å²) in [5, 5.41) is 18.0. The summed E-state index contributed by atoms with van der Waals surface area (Å²) >= 11 is 0. The lowest BCUT2D eigenvalue weighted by Crippen LogP contribution is -2.44. The van der Waals surface area contributed by atoms with E-state index in [2.05, 4.69) is 4.72 Å². The van der Waals surface area contributed by atoms with Crippen LogP contribution in [0.1, 0.15) is 31.4 Å². The molecule has 1 unspecified atom stereocenters. The molecule has 114 valence electrons. The first-order valence-corrected chi connectivity index (χ1v) is 7.97. The van der Waals surface area contributed by atoms with E-state index >= 15 is 0 Å². The molecule has 0 bridgehead atoms. The van der Waals surface area contributed by atoms with Crippen molar-refractivity contribution in [3.05, 3.63) is 29.3 Å². The van der Waals surface area contributed by atoms with Crippen LogP contribution in [0, 0.1) is 24.2 Å². The second-order valence-electron chi connectivity index (χ2n) is 4.91. The minimum Gasteiger partial charge on any atom is -0.480 e. The first kappa shape index (κ1) is 17.1. The molecule has 0 fully saturated rings. The van der Waals surface area contributed by atoms with Crippen LogP contribution in [0.4, 0.5) is 0 Å². The number of nitrogens with zero attached hydrogens (tertiary/aromatic N) is 1. The first-order valence-electron chi connectivity index (χ1n) is 6.48. The number of nitrogens with one attached hydrogen (secondary N) is 1. The van der Waals surface area contributed by atoms with Gasteiger partial charge in [0.25, 0.3) is 0 Å². The average molecular weight is 310 g/mol. The summed E-state index contributed by atoms with van der Waals surface area (Å²) in [5.41, 5.74) is 0.904. The van der Waals surface area contributed by atoms with Crippen molar-refractivity contribution in [1.82, 2.24) is 4.72 Å². The van der Waals surface area contributed by atoms with Crippen molar-refractivity contribution in [1.29, 1.82) is 5.26 Å². The number of carboxylic acids is 1. The van der Waals surface area contributed by atoms with Gasteiger partial charge in [-0.25, -0.2) is 8.42 Å². The van der Waals surface area contributed by atoms with E-state index in [9.17, 15) is 13.2 Å². The summed E-state index contributed by atoms with van der Waals surface area (Å²) in [6.07, 6.45) is 0.534. The Labute approximate surface area is 124 Å². The van der Waals surface area contributed by atoms with Crippen LogP contribution in [0.5, 0.6) is 0 Å². The molecular weight excluding hydrogens is 292 g/mol. The highest BCUT2D eigenvalue weighted by Crippen LogP contribution is 2.17. The molecular formula is C14H18N2O4S. The van der Waals surface area contributed by atoms with Crippen LogP contribution in [0.2, 0.25) is 0 Å². The Morgan fingerprint density at radius 3 is 2.52 bits per heavy atom. The molecule has 7 heteroatoms. The number of aryl methyl sites for hydroxylation is 1. The molecule has 1 rings (SSSR count). The quantitative estimate of drug-likeness (QED) is 0.830. The van der Waals surface area contributed by atoms with Crippen molar-refractivity contribution < 1.29 is 18.3 Å². The van der Waals surface area contributed by atoms with Gasteiger partial charge in [0.15, 0.2) is 0 Å². The Bertz CT molecular complexity index is 677. The fraction of sp³-hybridized carbons (Fsp3) is 0.429. The van der Waals surface area contributed by atoms with Crippen LogP contribution in [0.15, 0.2) is 23.1 Å². The van der Waals surface area contributed by atoms with Gasteiger partial charge in [-0.2, -0.15) is 9.98 Å². The Morgan fingerprint density at radius 1 is 1.48 bits per heavy atom. The predicted molar refractivity (Wildman–Crippen MR) is 77.1 cm³/mol. The topological polar surface area (TPSA) is 107 Å². The lowest BCUT2D eigenvalue weighted by molar-refractivity contribution is -0.140. The monoisotopic (exact) mass is 310 g/mol. The zero-order chi connectivity index (χ0) is 16.2. The van der Waals surface area contributed by atoms with Gasteiger partial charge in [0.1, 0.15) is 6.04 Å². The molecule has 0 aromatic heterocycles. The van der Waals surface area contributed by atoms with E-state index in [0.717, 1.165) is 0 Å². The fourth-order valence-electron chi connectivity index (χ4n) is 1.81. The number of nitriles is 1. The Balaban J connectivity index is 3.14. The number of rotatable bonds is 6. The van der Waals surface area contributed by atoms with Gasteiger partial charge >= 0.3 is 5.97 Å². The standard InChI is InChI=1S/C14H18N2O4S/c1-4-9(2)13(14(17)18)16-21(19,20)12-6-5-11(8-15)10(3)7-12/h5-7,9,13,16H,4H2,1-3H3,(H,17,18)/t9?,13-/m0/s1. The van der Waals surface area contributed by atoms with Crippen molar-refractivity contribution in [3.63, 3.8) is 0 Å².